The number of hydrazone groups is 1. The van der Waals surface area contributed by atoms with Gasteiger partial charge in [0, 0.05) is 5.02 Å². The first-order valence-corrected chi connectivity index (χ1v) is 10.6. The van der Waals surface area contributed by atoms with Crippen molar-refractivity contribution in [3.8, 4) is 5.69 Å². The number of carbonyl (C=O) groups excluding carboxylic acids is 1. The van der Waals surface area contributed by atoms with E-state index in [1.165, 1.54) is 10.8 Å². The van der Waals surface area contributed by atoms with Crippen LogP contribution in [0.2, 0.25) is 5.02 Å². The third-order valence-electron chi connectivity index (χ3n) is 5.43. The minimum atomic E-state index is -0.595. The van der Waals surface area contributed by atoms with Crippen LogP contribution in [0.3, 0.4) is 0 Å². The van der Waals surface area contributed by atoms with Crippen LogP contribution in [0.25, 0.3) is 16.6 Å². The van der Waals surface area contributed by atoms with Crippen LogP contribution >= 0.6 is 11.6 Å². The minimum absolute atomic E-state index is 0.343. The van der Waals surface area contributed by atoms with Gasteiger partial charge in [0.05, 0.1) is 22.8 Å². The predicted octanol–water partition coefficient (Wildman–Crippen LogP) is 3.57. The third-order valence-corrected chi connectivity index (χ3v) is 5.69. The topological polar surface area (TPSA) is 85.5 Å². The molecule has 0 saturated carbocycles. The fraction of sp³-hybridized carbons (Fsp3) is 0.120. The van der Waals surface area contributed by atoms with E-state index in [9.17, 15) is 14.4 Å². The molecule has 3 aromatic carbocycles. The molecule has 0 fully saturated rings. The Labute approximate surface area is 194 Å². The lowest BCUT2D eigenvalue weighted by molar-refractivity contribution is -0.121. The summed E-state index contributed by atoms with van der Waals surface area (Å²) in [5.74, 6) is -0.595. The summed E-state index contributed by atoms with van der Waals surface area (Å²) in [6, 6.07) is 19.4. The molecule has 0 radical (unpaired) electrons. The predicted molar refractivity (Wildman–Crippen MR) is 130 cm³/mol. The molecule has 1 N–H and O–H groups in total. The SMILES string of the molecule is Cc1cccc(-n2c(=O)n(CC(=O)N/N=C/c3ccc(Cl)cc3)c(=O)c3ccccc32)c1C. The van der Waals surface area contributed by atoms with Crippen molar-refractivity contribution >= 4 is 34.6 Å². The van der Waals surface area contributed by atoms with E-state index >= 15 is 0 Å². The molecule has 8 heteroatoms. The van der Waals surface area contributed by atoms with Gasteiger partial charge in [-0.1, -0.05) is 48.0 Å². The number of fused-ring (bicyclic) bond motifs is 1. The maximum atomic E-state index is 13.4. The molecule has 1 heterocycles. The molecule has 0 aliphatic rings. The minimum Gasteiger partial charge on any atom is -0.271 e. The van der Waals surface area contributed by atoms with Crippen molar-refractivity contribution in [1.29, 1.82) is 0 Å². The highest BCUT2D eigenvalue weighted by Crippen LogP contribution is 2.19. The van der Waals surface area contributed by atoms with Crippen LogP contribution < -0.4 is 16.7 Å². The molecule has 166 valence electrons. The van der Waals surface area contributed by atoms with Gasteiger partial charge >= 0.3 is 5.69 Å². The van der Waals surface area contributed by atoms with Gasteiger partial charge in [0.1, 0.15) is 6.54 Å². The van der Waals surface area contributed by atoms with E-state index in [2.05, 4.69) is 10.5 Å². The lowest BCUT2D eigenvalue weighted by Crippen LogP contribution is -2.43. The maximum absolute atomic E-state index is 13.4. The molecule has 1 aromatic heterocycles. The summed E-state index contributed by atoms with van der Waals surface area (Å²) in [5.41, 5.74) is 5.04. The molecule has 0 aliphatic carbocycles. The number of aryl methyl sites for hydroxylation is 1. The van der Waals surface area contributed by atoms with Crippen LogP contribution in [0, 0.1) is 13.8 Å². The van der Waals surface area contributed by atoms with Crippen LogP contribution in [0.5, 0.6) is 0 Å². The summed E-state index contributed by atoms with van der Waals surface area (Å²) in [6.45, 7) is 3.40. The molecular weight excluding hydrogens is 440 g/mol. The van der Waals surface area contributed by atoms with Crippen molar-refractivity contribution < 1.29 is 4.79 Å². The van der Waals surface area contributed by atoms with Gasteiger partial charge in [-0.15, -0.1) is 0 Å². The molecule has 1 amide bonds. The van der Waals surface area contributed by atoms with Gasteiger partial charge in [-0.3, -0.25) is 14.2 Å². The first-order chi connectivity index (χ1) is 15.9. The monoisotopic (exact) mass is 460 g/mol. The van der Waals surface area contributed by atoms with E-state index in [-0.39, 0.29) is 0 Å². The smallest absolute Gasteiger partial charge is 0.271 e. The van der Waals surface area contributed by atoms with Crippen LogP contribution in [-0.2, 0) is 11.3 Å². The van der Waals surface area contributed by atoms with Crippen LogP contribution in [0.4, 0.5) is 0 Å². The van der Waals surface area contributed by atoms with Crippen molar-refractivity contribution in [2.75, 3.05) is 0 Å². The Bertz CT molecular complexity index is 1500. The number of carbonyl (C=O) groups is 1. The zero-order chi connectivity index (χ0) is 23.5. The number of aromatic nitrogens is 2. The van der Waals surface area contributed by atoms with Gasteiger partial charge in [-0.05, 0) is 60.9 Å². The highest BCUT2D eigenvalue weighted by molar-refractivity contribution is 6.30. The first-order valence-electron chi connectivity index (χ1n) is 10.3. The van der Waals surface area contributed by atoms with Crippen LogP contribution in [0.15, 0.2) is 81.4 Å². The lowest BCUT2D eigenvalue weighted by atomic mass is 10.1. The molecule has 4 rings (SSSR count). The van der Waals surface area contributed by atoms with E-state index < -0.39 is 23.7 Å². The van der Waals surface area contributed by atoms with E-state index in [0.29, 0.717) is 21.6 Å². The molecule has 0 unspecified atom stereocenters. The Hall–Kier alpha value is -3.97. The number of halogens is 1. The van der Waals surface area contributed by atoms with Crippen molar-refractivity contribution in [2.45, 2.75) is 20.4 Å². The molecule has 0 aliphatic heterocycles. The van der Waals surface area contributed by atoms with Crippen molar-refractivity contribution in [2.24, 2.45) is 5.10 Å². The van der Waals surface area contributed by atoms with Crippen molar-refractivity contribution in [1.82, 2.24) is 14.6 Å². The van der Waals surface area contributed by atoms with E-state index in [4.69, 9.17) is 11.6 Å². The summed E-state index contributed by atoms with van der Waals surface area (Å²) in [5, 5.41) is 4.84. The van der Waals surface area contributed by atoms with E-state index in [0.717, 1.165) is 21.3 Å². The van der Waals surface area contributed by atoms with Crippen LogP contribution in [0.1, 0.15) is 16.7 Å². The number of rotatable bonds is 5. The number of nitrogens with one attached hydrogen (secondary N) is 1. The largest absolute Gasteiger partial charge is 0.336 e. The summed E-state index contributed by atoms with van der Waals surface area (Å²) in [7, 11) is 0. The van der Waals surface area contributed by atoms with Gasteiger partial charge in [0.2, 0.25) is 0 Å². The lowest BCUT2D eigenvalue weighted by Gasteiger charge is -2.16. The second-order valence-corrected chi connectivity index (χ2v) is 8.03. The quantitative estimate of drug-likeness (QED) is 0.365. The van der Waals surface area contributed by atoms with Gasteiger partial charge in [-0.25, -0.2) is 14.8 Å². The first kappa shape index (κ1) is 22.2. The summed E-state index contributed by atoms with van der Waals surface area (Å²) >= 11 is 5.85. The Balaban J connectivity index is 1.73. The standard InChI is InChI=1S/C25H21ClN4O3/c1-16-6-5-9-21(17(16)2)30-22-8-4-3-7-20(22)24(32)29(25(30)33)15-23(31)28-27-14-18-10-12-19(26)13-11-18/h3-14H,15H2,1-2H3,(H,28,31)/b27-14+. The summed E-state index contributed by atoms with van der Waals surface area (Å²) < 4.78 is 2.40. The Morgan fingerprint density at radius 1 is 1.00 bits per heavy atom. The number of para-hydroxylation sites is 1. The summed E-state index contributed by atoms with van der Waals surface area (Å²) in [6.07, 6.45) is 1.45. The van der Waals surface area contributed by atoms with E-state index in [1.54, 1.807) is 48.5 Å². The molecule has 7 nitrogen and oxygen atoms in total. The second-order valence-electron chi connectivity index (χ2n) is 7.59. The molecule has 4 aromatic rings. The zero-order valence-electron chi connectivity index (χ0n) is 18.1. The molecule has 33 heavy (non-hydrogen) atoms. The maximum Gasteiger partial charge on any atom is 0.336 e. The molecule has 0 atom stereocenters. The number of amides is 1. The van der Waals surface area contributed by atoms with Gasteiger partial charge in [0.15, 0.2) is 0 Å². The summed E-state index contributed by atoms with van der Waals surface area (Å²) in [4.78, 5) is 39.0. The molecule has 0 spiro atoms. The Morgan fingerprint density at radius 2 is 1.73 bits per heavy atom. The fourth-order valence-corrected chi connectivity index (χ4v) is 3.69. The second kappa shape index (κ2) is 9.26. The van der Waals surface area contributed by atoms with Gasteiger partial charge in [0.25, 0.3) is 11.5 Å². The molecular formula is C25H21ClN4O3. The molecule has 0 saturated heterocycles. The van der Waals surface area contributed by atoms with Gasteiger partial charge in [-0.2, -0.15) is 5.10 Å². The normalized spacial score (nSPS) is 11.2. The third kappa shape index (κ3) is 4.49. The fourth-order valence-electron chi connectivity index (χ4n) is 3.56. The average Bonchev–Trinajstić information content (AvgIpc) is 2.81. The zero-order valence-corrected chi connectivity index (χ0v) is 18.8. The van der Waals surface area contributed by atoms with Crippen molar-refractivity contribution in [3.63, 3.8) is 0 Å². The number of nitrogens with zero attached hydrogens (tertiary/aromatic N) is 3. The highest BCUT2D eigenvalue weighted by Gasteiger charge is 2.17. The van der Waals surface area contributed by atoms with Crippen molar-refractivity contribution in [3.05, 3.63) is 109 Å². The number of hydrogen-bond acceptors (Lipinski definition) is 4. The molecule has 0 bridgehead atoms. The number of benzene rings is 3. The highest BCUT2D eigenvalue weighted by atomic mass is 35.5. The van der Waals surface area contributed by atoms with Gasteiger partial charge < -0.3 is 0 Å². The Morgan fingerprint density at radius 3 is 2.48 bits per heavy atom. The number of hydrogen-bond donors (Lipinski definition) is 1. The van der Waals surface area contributed by atoms with Crippen LogP contribution in [-0.4, -0.2) is 21.3 Å². The Kier molecular flexibility index (Phi) is 6.24. The average molecular weight is 461 g/mol. The van der Waals surface area contributed by atoms with E-state index in [1.807, 2.05) is 32.0 Å².